The molecule has 0 saturated heterocycles. The van der Waals surface area contributed by atoms with Crippen molar-refractivity contribution in [2.45, 2.75) is 19.4 Å². The molecule has 1 aromatic rings. The fraction of sp³-hybridized carbons (Fsp3) is 0.467. The van der Waals surface area contributed by atoms with Crippen molar-refractivity contribution in [3.05, 3.63) is 42.2 Å². The van der Waals surface area contributed by atoms with E-state index in [9.17, 15) is 4.39 Å². The molecular formula is C15H22FNO2. The van der Waals surface area contributed by atoms with E-state index in [1.807, 2.05) is 13.0 Å². The number of hydrogen-bond acceptors (Lipinski definition) is 3. The minimum Gasteiger partial charge on any atom is -0.494 e. The third-order valence-corrected chi connectivity index (χ3v) is 2.84. The van der Waals surface area contributed by atoms with Crippen LogP contribution >= 0.6 is 0 Å². The average Bonchev–Trinajstić information content (AvgIpc) is 2.43. The molecule has 0 saturated carbocycles. The van der Waals surface area contributed by atoms with Crippen LogP contribution in [-0.4, -0.2) is 26.9 Å². The first-order valence-corrected chi connectivity index (χ1v) is 6.44. The zero-order valence-corrected chi connectivity index (χ0v) is 11.6. The Hall–Kier alpha value is -1.39. The van der Waals surface area contributed by atoms with Crippen LogP contribution in [0.3, 0.4) is 0 Å². The normalized spacial score (nSPS) is 12.2. The van der Waals surface area contributed by atoms with E-state index in [1.165, 1.54) is 13.2 Å². The number of hydrogen-bond donors (Lipinski definition) is 1. The van der Waals surface area contributed by atoms with Gasteiger partial charge in [-0.3, -0.25) is 0 Å². The van der Waals surface area contributed by atoms with Crippen molar-refractivity contribution in [1.82, 2.24) is 5.32 Å². The van der Waals surface area contributed by atoms with Gasteiger partial charge < -0.3 is 14.8 Å². The maximum Gasteiger partial charge on any atom is 0.165 e. The average molecular weight is 267 g/mol. The molecule has 1 aromatic carbocycles. The molecule has 106 valence electrons. The monoisotopic (exact) mass is 267 g/mol. The van der Waals surface area contributed by atoms with Crippen molar-refractivity contribution in [3.63, 3.8) is 0 Å². The number of ether oxygens (including phenoxy) is 2. The lowest BCUT2D eigenvalue weighted by Gasteiger charge is -2.15. The SMILES string of the molecule is C=CCCOCCNC(C)c1ccc(F)c(OC)c1. The highest BCUT2D eigenvalue weighted by Gasteiger charge is 2.08. The van der Waals surface area contributed by atoms with Crippen LogP contribution < -0.4 is 10.1 Å². The fourth-order valence-electron chi connectivity index (χ4n) is 1.68. The van der Waals surface area contributed by atoms with E-state index in [0.29, 0.717) is 13.2 Å². The van der Waals surface area contributed by atoms with Crippen LogP contribution in [0, 0.1) is 5.82 Å². The summed E-state index contributed by atoms with van der Waals surface area (Å²) in [6.07, 6.45) is 2.70. The molecule has 19 heavy (non-hydrogen) atoms. The Morgan fingerprint density at radius 1 is 1.42 bits per heavy atom. The topological polar surface area (TPSA) is 30.5 Å². The van der Waals surface area contributed by atoms with Crippen molar-refractivity contribution in [1.29, 1.82) is 0 Å². The highest BCUT2D eigenvalue weighted by Crippen LogP contribution is 2.22. The first-order valence-electron chi connectivity index (χ1n) is 6.44. The predicted octanol–water partition coefficient (Wildman–Crippen LogP) is 3.08. The lowest BCUT2D eigenvalue weighted by molar-refractivity contribution is 0.138. The van der Waals surface area contributed by atoms with Gasteiger partial charge in [0.25, 0.3) is 0 Å². The maximum absolute atomic E-state index is 13.3. The summed E-state index contributed by atoms with van der Waals surface area (Å²) in [5.41, 5.74) is 0.990. The predicted molar refractivity (Wildman–Crippen MR) is 75.0 cm³/mol. The molecule has 0 bridgehead atoms. The maximum atomic E-state index is 13.3. The zero-order valence-electron chi connectivity index (χ0n) is 11.6. The summed E-state index contributed by atoms with van der Waals surface area (Å²) in [4.78, 5) is 0. The van der Waals surface area contributed by atoms with Crippen molar-refractivity contribution >= 4 is 0 Å². The molecule has 4 heteroatoms. The number of methoxy groups -OCH3 is 1. The van der Waals surface area contributed by atoms with Crippen LogP contribution in [0.5, 0.6) is 5.75 Å². The van der Waals surface area contributed by atoms with Crippen molar-refractivity contribution < 1.29 is 13.9 Å². The smallest absolute Gasteiger partial charge is 0.165 e. The molecule has 1 unspecified atom stereocenters. The minimum atomic E-state index is -0.341. The molecule has 3 nitrogen and oxygen atoms in total. The van der Waals surface area contributed by atoms with Gasteiger partial charge in [0.15, 0.2) is 11.6 Å². The summed E-state index contributed by atoms with van der Waals surface area (Å²) in [5, 5.41) is 3.32. The molecule has 0 aliphatic heterocycles. The Labute approximate surface area is 114 Å². The molecule has 0 spiro atoms. The molecule has 0 aliphatic carbocycles. The molecule has 1 rings (SSSR count). The number of benzene rings is 1. The third kappa shape index (κ3) is 5.41. The van der Waals surface area contributed by atoms with Crippen molar-refractivity contribution in [2.24, 2.45) is 0 Å². The summed E-state index contributed by atoms with van der Waals surface area (Å²) in [5.74, 6) is -0.0698. The molecule has 0 fully saturated rings. The Morgan fingerprint density at radius 3 is 2.89 bits per heavy atom. The van der Waals surface area contributed by atoms with Gasteiger partial charge in [-0.15, -0.1) is 6.58 Å². The van der Waals surface area contributed by atoms with Crippen LogP contribution in [0.4, 0.5) is 4.39 Å². The molecular weight excluding hydrogens is 245 g/mol. The molecule has 0 amide bonds. The van der Waals surface area contributed by atoms with Crippen LogP contribution in [0.2, 0.25) is 0 Å². The number of halogens is 1. The van der Waals surface area contributed by atoms with Gasteiger partial charge >= 0.3 is 0 Å². The van der Waals surface area contributed by atoms with Gasteiger partial charge in [-0.2, -0.15) is 0 Å². The quantitative estimate of drug-likeness (QED) is 0.551. The Morgan fingerprint density at radius 2 is 2.21 bits per heavy atom. The van der Waals surface area contributed by atoms with E-state index in [1.54, 1.807) is 12.1 Å². The van der Waals surface area contributed by atoms with E-state index < -0.39 is 0 Å². The highest BCUT2D eigenvalue weighted by molar-refractivity contribution is 5.31. The molecule has 0 aliphatic rings. The second kappa shape index (κ2) is 8.67. The van der Waals surface area contributed by atoms with E-state index in [2.05, 4.69) is 11.9 Å². The number of nitrogens with one attached hydrogen (secondary N) is 1. The van der Waals surface area contributed by atoms with E-state index in [0.717, 1.165) is 18.5 Å². The molecule has 1 atom stereocenters. The van der Waals surface area contributed by atoms with Crippen LogP contribution in [0.25, 0.3) is 0 Å². The van der Waals surface area contributed by atoms with Crippen LogP contribution in [0.1, 0.15) is 24.9 Å². The standard InChI is InChI=1S/C15H22FNO2/c1-4-5-9-19-10-8-17-12(2)13-6-7-14(16)15(11-13)18-3/h4,6-7,11-12,17H,1,5,8-10H2,2-3H3. The van der Waals surface area contributed by atoms with E-state index in [-0.39, 0.29) is 17.6 Å². The van der Waals surface area contributed by atoms with Gasteiger partial charge in [0.05, 0.1) is 20.3 Å². The largest absolute Gasteiger partial charge is 0.494 e. The summed E-state index contributed by atoms with van der Waals surface area (Å²) in [6.45, 7) is 7.75. The summed E-state index contributed by atoms with van der Waals surface area (Å²) in [6, 6.07) is 5.02. The molecule has 0 radical (unpaired) electrons. The first-order chi connectivity index (χ1) is 9.19. The summed E-state index contributed by atoms with van der Waals surface area (Å²) in [7, 11) is 1.47. The van der Waals surface area contributed by atoms with Gasteiger partial charge in [-0.1, -0.05) is 12.1 Å². The van der Waals surface area contributed by atoms with Gasteiger partial charge in [0.1, 0.15) is 0 Å². The van der Waals surface area contributed by atoms with Gasteiger partial charge in [0.2, 0.25) is 0 Å². The van der Waals surface area contributed by atoms with Crippen LogP contribution in [-0.2, 0) is 4.74 Å². The van der Waals surface area contributed by atoms with E-state index >= 15 is 0 Å². The van der Waals surface area contributed by atoms with Gasteiger partial charge in [0, 0.05) is 12.6 Å². The lowest BCUT2D eigenvalue weighted by Crippen LogP contribution is -2.23. The Kier molecular flexibility index (Phi) is 7.15. The Bertz CT molecular complexity index is 396. The second-order valence-electron chi connectivity index (χ2n) is 4.26. The van der Waals surface area contributed by atoms with E-state index in [4.69, 9.17) is 9.47 Å². The number of rotatable bonds is 9. The summed E-state index contributed by atoms with van der Waals surface area (Å²) < 4.78 is 23.7. The summed E-state index contributed by atoms with van der Waals surface area (Å²) >= 11 is 0. The van der Waals surface area contributed by atoms with Gasteiger partial charge in [-0.05, 0) is 31.0 Å². The second-order valence-corrected chi connectivity index (χ2v) is 4.26. The fourth-order valence-corrected chi connectivity index (χ4v) is 1.68. The van der Waals surface area contributed by atoms with Crippen molar-refractivity contribution in [3.8, 4) is 5.75 Å². The first kappa shape index (κ1) is 15.7. The molecule has 0 heterocycles. The minimum absolute atomic E-state index is 0.123. The zero-order chi connectivity index (χ0) is 14.1. The lowest BCUT2D eigenvalue weighted by atomic mass is 10.1. The van der Waals surface area contributed by atoms with Gasteiger partial charge in [-0.25, -0.2) is 4.39 Å². The third-order valence-electron chi connectivity index (χ3n) is 2.84. The molecule has 0 aromatic heterocycles. The highest BCUT2D eigenvalue weighted by atomic mass is 19.1. The van der Waals surface area contributed by atoms with Crippen molar-refractivity contribution in [2.75, 3.05) is 26.9 Å². The molecule has 1 N–H and O–H groups in total. The Balaban J connectivity index is 2.36. The van der Waals surface area contributed by atoms with Crippen LogP contribution in [0.15, 0.2) is 30.9 Å².